The van der Waals surface area contributed by atoms with Gasteiger partial charge in [-0.1, -0.05) is 28.1 Å². The van der Waals surface area contributed by atoms with Crippen molar-refractivity contribution in [1.29, 1.82) is 0 Å². The van der Waals surface area contributed by atoms with Crippen LogP contribution in [0.15, 0.2) is 44.7 Å². The molecule has 0 aliphatic rings. The summed E-state index contributed by atoms with van der Waals surface area (Å²) in [6.45, 7) is 1.96. The Bertz CT molecular complexity index is 556. The second kappa shape index (κ2) is 7.71. The molecular weight excluding hydrogens is 400 g/mol. The van der Waals surface area contributed by atoms with Gasteiger partial charge in [-0.05, 0) is 53.2 Å². The van der Waals surface area contributed by atoms with Crippen LogP contribution in [-0.2, 0) is 6.54 Å². The van der Waals surface area contributed by atoms with Crippen molar-refractivity contribution in [3.8, 4) is 0 Å². The van der Waals surface area contributed by atoms with E-state index in [1.54, 1.807) is 11.3 Å². The molecule has 0 spiro atoms. The SMILES string of the molecule is CN(CCC(N)c1cccc(Br)c1)Cc1cc(Br)cs1. The molecule has 2 aromatic rings. The van der Waals surface area contributed by atoms with Gasteiger partial charge in [0.1, 0.15) is 0 Å². The zero-order valence-electron chi connectivity index (χ0n) is 11.4. The van der Waals surface area contributed by atoms with Crippen LogP contribution in [0.4, 0.5) is 0 Å². The summed E-state index contributed by atoms with van der Waals surface area (Å²) in [6.07, 6.45) is 0.958. The van der Waals surface area contributed by atoms with Gasteiger partial charge in [-0.2, -0.15) is 0 Å². The summed E-state index contributed by atoms with van der Waals surface area (Å²) >= 11 is 8.76. The summed E-state index contributed by atoms with van der Waals surface area (Å²) in [6, 6.07) is 10.5. The first-order valence-corrected chi connectivity index (χ1v) is 8.93. The van der Waals surface area contributed by atoms with E-state index in [1.165, 1.54) is 10.4 Å². The second-order valence-electron chi connectivity index (χ2n) is 4.92. The van der Waals surface area contributed by atoms with E-state index in [2.05, 4.69) is 67.4 Å². The quantitative estimate of drug-likeness (QED) is 0.731. The zero-order chi connectivity index (χ0) is 14.5. The molecule has 0 bridgehead atoms. The lowest BCUT2D eigenvalue weighted by Crippen LogP contribution is -2.23. The molecule has 0 aliphatic carbocycles. The summed E-state index contributed by atoms with van der Waals surface area (Å²) in [7, 11) is 2.14. The van der Waals surface area contributed by atoms with E-state index in [9.17, 15) is 0 Å². The number of hydrogen-bond acceptors (Lipinski definition) is 3. The van der Waals surface area contributed by atoms with Crippen LogP contribution in [0.5, 0.6) is 0 Å². The third-order valence-corrected chi connectivity index (χ3v) is 5.32. The summed E-state index contributed by atoms with van der Waals surface area (Å²) in [5.74, 6) is 0. The Morgan fingerprint density at radius 3 is 2.70 bits per heavy atom. The molecule has 1 atom stereocenters. The normalized spacial score (nSPS) is 12.8. The molecule has 1 unspecified atom stereocenters. The maximum Gasteiger partial charge on any atom is 0.0325 e. The molecule has 108 valence electrons. The Morgan fingerprint density at radius 1 is 1.25 bits per heavy atom. The third-order valence-electron chi connectivity index (χ3n) is 3.15. The predicted octanol–water partition coefficient (Wildman–Crippen LogP) is 4.80. The predicted molar refractivity (Wildman–Crippen MR) is 94.0 cm³/mol. The monoisotopic (exact) mass is 416 g/mol. The fourth-order valence-corrected chi connectivity index (χ4v) is 3.99. The van der Waals surface area contributed by atoms with E-state index in [-0.39, 0.29) is 6.04 Å². The number of nitrogens with two attached hydrogens (primary N) is 1. The number of hydrogen-bond donors (Lipinski definition) is 1. The van der Waals surface area contributed by atoms with Gasteiger partial charge in [0.2, 0.25) is 0 Å². The largest absolute Gasteiger partial charge is 0.324 e. The molecule has 2 N–H and O–H groups in total. The number of halogens is 2. The highest BCUT2D eigenvalue weighted by atomic mass is 79.9. The van der Waals surface area contributed by atoms with Crippen LogP contribution in [0.1, 0.15) is 22.9 Å². The van der Waals surface area contributed by atoms with Gasteiger partial charge in [0, 0.05) is 38.3 Å². The lowest BCUT2D eigenvalue weighted by molar-refractivity contribution is 0.314. The average molecular weight is 418 g/mol. The minimum atomic E-state index is 0.0880. The standard InChI is InChI=1S/C15H18Br2N2S/c1-19(9-14-8-13(17)10-20-14)6-5-15(18)11-3-2-4-12(16)7-11/h2-4,7-8,10,15H,5-6,9,18H2,1H3. The van der Waals surface area contributed by atoms with Gasteiger partial charge in [0.25, 0.3) is 0 Å². The first-order valence-electron chi connectivity index (χ1n) is 6.47. The second-order valence-corrected chi connectivity index (χ2v) is 7.75. The molecule has 1 heterocycles. The molecule has 2 nitrogen and oxygen atoms in total. The van der Waals surface area contributed by atoms with Gasteiger partial charge in [-0.3, -0.25) is 0 Å². The van der Waals surface area contributed by atoms with Crippen LogP contribution >= 0.6 is 43.2 Å². The van der Waals surface area contributed by atoms with Crippen molar-refractivity contribution in [2.75, 3.05) is 13.6 Å². The van der Waals surface area contributed by atoms with Crippen molar-refractivity contribution < 1.29 is 0 Å². The highest BCUT2D eigenvalue weighted by Crippen LogP contribution is 2.22. The maximum atomic E-state index is 6.26. The Labute approximate surface area is 141 Å². The van der Waals surface area contributed by atoms with Crippen molar-refractivity contribution in [3.05, 3.63) is 55.1 Å². The minimum absolute atomic E-state index is 0.0880. The van der Waals surface area contributed by atoms with E-state index in [4.69, 9.17) is 5.73 Å². The average Bonchev–Trinajstić information content (AvgIpc) is 2.81. The van der Waals surface area contributed by atoms with E-state index < -0.39 is 0 Å². The Balaban J connectivity index is 1.82. The minimum Gasteiger partial charge on any atom is -0.324 e. The van der Waals surface area contributed by atoms with E-state index in [0.29, 0.717) is 0 Å². The molecule has 20 heavy (non-hydrogen) atoms. The lowest BCUT2D eigenvalue weighted by atomic mass is 10.0. The molecule has 0 saturated heterocycles. The number of nitrogens with zero attached hydrogens (tertiary/aromatic N) is 1. The molecule has 1 aromatic heterocycles. The fraction of sp³-hybridized carbons (Fsp3) is 0.333. The smallest absolute Gasteiger partial charge is 0.0325 e. The van der Waals surface area contributed by atoms with Crippen molar-refractivity contribution in [2.45, 2.75) is 19.0 Å². The topological polar surface area (TPSA) is 29.3 Å². The van der Waals surface area contributed by atoms with Gasteiger partial charge in [-0.25, -0.2) is 0 Å². The van der Waals surface area contributed by atoms with Crippen molar-refractivity contribution in [2.24, 2.45) is 5.73 Å². The Morgan fingerprint density at radius 2 is 2.05 bits per heavy atom. The molecular formula is C15H18Br2N2S. The van der Waals surface area contributed by atoms with Crippen molar-refractivity contribution in [3.63, 3.8) is 0 Å². The van der Waals surface area contributed by atoms with Crippen LogP contribution in [0.2, 0.25) is 0 Å². The highest BCUT2D eigenvalue weighted by Gasteiger charge is 2.09. The van der Waals surface area contributed by atoms with Gasteiger partial charge in [0.05, 0.1) is 0 Å². The van der Waals surface area contributed by atoms with Crippen molar-refractivity contribution >= 4 is 43.2 Å². The van der Waals surface area contributed by atoms with Crippen LogP contribution in [0, 0.1) is 0 Å². The van der Waals surface area contributed by atoms with Gasteiger partial charge < -0.3 is 10.6 Å². The van der Waals surface area contributed by atoms with Crippen LogP contribution in [-0.4, -0.2) is 18.5 Å². The van der Waals surface area contributed by atoms with E-state index in [1.807, 2.05) is 12.1 Å². The molecule has 0 saturated carbocycles. The highest BCUT2D eigenvalue weighted by molar-refractivity contribution is 9.10. The summed E-state index contributed by atoms with van der Waals surface area (Å²) in [4.78, 5) is 3.69. The van der Waals surface area contributed by atoms with Gasteiger partial charge in [0.15, 0.2) is 0 Å². The molecule has 0 amide bonds. The van der Waals surface area contributed by atoms with Crippen LogP contribution < -0.4 is 5.73 Å². The van der Waals surface area contributed by atoms with Gasteiger partial charge >= 0.3 is 0 Å². The molecule has 0 fully saturated rings. The van der Waals surface area contributed by atoms with E-state index in [0.717, 1.165) is 28.5 Å². The van der Waals surface area contributed by atoms with Gasteiger partial charge in [-0.15, -0.1) is 11.3 Å². The number of thiophene rings is 1. The zero-order valence-corrected chi connectivity index (χ0v) is 15.3. The Hall–Kier alpha value is -0.200. The molecule has 1 aromatic carbocycles. The first kappa shape index (κ1) is 16.2. The Kier molecular flexibility index (Phi) is 6.23. The van der Waals surface area contributed by atoms with Crippen LogP contribution in [0.3, 0.4) is 0 Å². The summed E-state index contributed by atoms with van der Waals surface area (Å²) in [5, 5.41) is 2.12. The van der Waals surface area contributed by atoms with E-state index >= 15 is 0 Å². The van der Waals surface area contributed by atoms with Crippen molar-refractivity contribution in [1.82, 2.24) is 4.90 Å². The summed E-state index contributed by atoms with van der Waals surface area (Å²) in [5.41, 5.74) is 7.44. The third kappa shape index (κ3) is 4.97. The molecule has 5 heteroatoms. The fourth-order valence-electron chi connectivity index (χ4n) is 2.05. The number of benzene rings is 1. The number of rotatable bonds is 6. The summed E-state index contributed by atoms with van der Waals surface area (Å²) < 4.78 is 2.25. The molecule has 2 rings (SSSR count). The first-order chi connectivity index (χ1) is 9.54. The molecule has 0 radical (unpaired) electrons. The maximum absolute atomic E-state index is 6.26. The van der Waals surface area contributed by atoms with Crippen LogP contribution in [0.25, 0.3) is 0 Å². The lowest BCUT2D eigenvalue weighted by Gasteiger charge is -2.19. The molecule has 0 aliphatic heterocycles.